The first kappa shape index (κ1) is 22.6. The fourth-order valence-electron chi connectivity index (χ4n) is 4.42. The highest BCUT2D eigenvalue weighted by molar-refractivity contribution is 7.89. The predicted molar refractivity (Wildman–Crippen MR) is 127 cm³/mol. The molecule has 3 aromatic rings. The van der Waals surface area contributed by atoms with E-state index in [1.165, 1.54) is 9.87 Å². The number of sulfonamides is 1. The molecule has 1 aliphatic rings. The van der Waals surface area contributed by atoms with Gasteiger partial charge < -0.3 is 9.88 Å². The molecule has 0 aliphatic carbocycles. The van der Waals surface area contributed by atoms with Crippen LogP contribution in [0.4, 0.5) is 0 Å². The van der Waals surface area contributed by atoms with Gasteiger partial charge in [0.05, 0.1) is 4.90 Å². The van der Waals surface area contributed by atoms with E-state index in [2.05, 4.69) is 35.9 Å². The minimum Gasteiger partial charge on any atom is -0.355 e. The number of aryl methyl sites for hydroxylation is 1. The van der Waals surface area contributed by atoms with Crippen molar-refractivity contribution in [2.75, 3.05) is 19.6 Å². The number of aromatic nitrogens is 1. The Bertz CT molecular complexity index is 1180. The molecule has 6 nitrogen and oxygen atoms in total. The van der Waals surface area contributed by atoms with Crippen molar-refractivity contribution in [3.63, 3.8) is 0 Å². The van der Waals surface area contributed by atoms with Crippen molar-refractivity contribution in [3.8, 4) is 0 Å². The second-order valence-corrected chi connectivity index (χ2v) is 10.5. The van der Waals surface area contributed by atoms with Gasteiger partial charge in [0.25, 0.3) is 0 Å². The number of amides is 1. The van der Waals surface area contributed by atoms with Crippen molar-refractivity contribution in [2.24, 2.45) is 5.92 Å². The van der Waals surface area contributed by atoms with Crippen LogP contribution in [0.5, 0.6) is 0 Å². The summed E-state index contributed by atoms with van der Waals surface area (Å²) in [5.41, 5.74) is 2.23. The first-order valence-electron chi connectivity index (χ1n) is 11.3. The fourth-order valence-corrected chi connectivity index (χ4v) is 5.92. The summed E-state index contributed by atoms with van der Waals surface area (Å²) in [4.78, 5) is 13.0. The van der Waals surface area contributed by atoms with E-state index in [9.17, 15) is 13.2 Å². The number of fused-ring (bicyclic) bond motifs is 1. The topological polar surface area (TPSA) is 71.4 Å². The van der Waals surface area contributed by atoms with Crippen LogP contribution in [0.3, 0.4) is 0 Å². The summed E-state index contributed by atoms with van der Waals surface area (Å²) in [7, 11) is -3.57. The molecule has 1 aromatic heterocycles. The summed E-state index contributed by atoms with van der Waals surface area (Å²) in [6.07, 6.45) is 3.06. The van der Waals surface area contributed by atoms with E-state index in [1.807, 2.05) is 36.5 Å². The highest BCUT2D eigenvalue weighted by Gasteiger charge is 2.32. The van der Waals surface area contributed by atoms with Gasteiger partial charge in [-0.15, -0.1) is 0 Å². The largest absolute Gasteiger partial charge is 0.355 e. The number of nitrogens with zero attached hydrogens (tertiary/aromatic N) is 2. The van der Waals surface area contributed by atoms with Crippen LogP contribution in [-0.2, 0) is 21.4 Å². The lowest BCUT2D eigenvalue weighted by atomic mass is 9.96. The molecule has 32 heavy (non-hydrogen) atoms. The van der Waals surface area contributed by atoms with Gasteiger partial charge in [-0.25, -0.2) is 8.42 Å². The molecule has 4 rings (SSSR count). The Hall–Kier alpha value is -2.64. The van der Waals surface area contributed by atoms with Gasteiger partial charge in [-0.3, -0.25) is 4.79 Å². The van der Waals surface area contributed by atoms with Gasteiger partial charge in [-0.05, 0) is 55.5 Å². The van der Waals surface area contributed by atoms with Crippen LogP contribution < -0.4 is 5.32 Å². The molecule has 1 fully saturated rings. The molecule has 0 bridgehead atoms. The average Bonchev–Trinajstić information content (AvgIpc) is 3.25. The van der Waals surface area contributed by atoms with E-state index >= 15 is 0 Å². The SMILES string of the molecule is CCn1ccc2cc(S(=O)(=O)N3CCC(C(=O)NC[C@@H](C)c4ccccc4)CC3)ccc21. The molecule has 7 heteroatoms. The smallest absolute Gasteiger partial charge is 0.243 e. The Morgan fingerprint density at radius 3 is 2.50 bits per heavy atom. The molecule has 2 heterocycles. The van der Waals surface area contributed by atoms with Gasteiger partial charge in [0.2, 0.25) is 15.9 Å². The lowest BCUT2D eigenvalue weighted by Crippen LogP contribution is -2.43. The minimum absolute atomic E-state index is 0.0205. The molecular weight excluding hydrogens is 422 g/mol. The number of carbonyl (C=O) groups excluding carboxylic acids is 1. The Kier molecular flexibility index (Phi) is 6.67. The number of benzene rings is 2. The number of nitrogens with one attached hydrogen (secondary N) is 1. The third-order valence-electron chi connectivity index (χ3n) is 6.50. The van der Waals surface area contributed by atoms with Gasteiger partial charge >= 0.3 is 0 Å². The molecule has 1 amide bonds. The standard InChI is InChI=1S/C25H31N3O3S/c1-3-27-14-11-22-17-23(9-10-24(22)27)32(30,31)28-15-12-21(13-16-28)25(29)26-18-19(2)20-7-5-4-6-8-20/h4-11,14,17,19,21H,3,12-13,15-16,18H2,1-2H3,(H,26,29)/t19-/m1/s1. The number of hydrogen-bond donors (Lipinski definition) is 1. The molecule has 0 unspecified atom stereocenters. The lowest BCUT2D eigenvalue weighted by Gasteiger charge is -2.30. The third kappa shape index (κ3) is 4.59. The predicted octanol–water partition coefficient (Wildman–Crippen LogP) is 3.98. The molecule has 1 aliphatic heterocycles. The normalized spacial score (nSPS) is 16.8. The van der Waals surface area contributed by atoms with Crippen LogP contribution in [0, 0.1) is 5.92 Å². The number of rotatable bonds is 7. The van der Waals surface area contributed by atoms with Crippen LogP contribution >= 0.6 is 0 Å². The Morgan fingerprint density at radius 1 is 1.09 bits per heavy atom. The summed E-state index contributed by atoms with van der Waals surface area (Å²) < 4.78 is 30.0. The van der Waals surface area contributed by atoms with Crippen molar-refractivity contribution in [3.05, 3.63) is 66.4 Å². The van der Waals surface area contributed by atoms with Gasteiger partial charge in [-0.1, -0.05) is 37.3 Å². The van der Waals surface area contributed by atoms with Gasteiger partial charge in [0.15, 0.2) is 0 Å². The molecule has 0 radical (unpaired) electrons. The third-order valence-corrected chi connectivity index (χ3v) is 8.39. The van der Waals surface area contributed by atoms with E-state index < -0.39 is 10.0 Å². The monoisotopic (exact) mass is 453 g/mol. The van der Waals surface area contributed by atoms with Crippen LogP contribution in [-0.4, -0.2) is 42.8 Å². The molecule has 1 N–H and O–H groups in total. The summed E-state index contributed by atoms with van der Waals surface area (Å²) in [5, 5.41) is 3.98. The summed E-state index contributed by atoms with van der Waals surface area (Å²) in [6.45, 7) is 6.31. The summed E-state index contributed by atoms with van der Waals surface area (Å²) >= 11 is 0. The zero-order valence-corrected chi connectivity index (χ0v) is 19.5. The number of carbonyl (C=O) groups is 1. The minimum atomic E-state index is -3.57. The van der Waals surface area contributed by atoms with Crippen molar-refractivity contribution in [2.45, 2.75) is 44.0 Å². The van der Waals surface area contributed by atoms with Crippen LogP contribution in [0.15, 0.2) is 65.7 Å². The summed E-state index contributed by atoms with van der Waals surface area (Å²) in [5.74, 6) is 0.107. The van der Waals surface area contributed by atoms with E-state index in [1.54, 1.807) is 12.1 Å². The van der Waals surface area contributed by atoms with Crippen molar-refractivity contribution < 1.29 is 13.2 Å². The fraction of sp³-hybridized carbons (Fsp3) is 0.400. The Labute approximate surface area is 190 Å². The highest BCUT2D eigenvalue weighted by Crippen LogP contribution is 2.27. The highest BCUT2D eigenvalue weighted by atomic mass is 32.2. The van der Waals surface area contributed by atoms with Crippen molar-refractivity contribution >= 4 is 26.8 Å². The number of piperidine rings is 1. The van der Waals surface area contributed by atoms with Crippen LogP contribution in [0.25, 0.3) is 10.9 Å². The zero-order chi connectivity index (χ0) is 22.7. The van der Waals surface area contributed by atoms with E-state index in [0.29, 0.717) is 37.4 Å². The first-order chi connectivity index (χ1) is 15.4. The maximum Gasteiger partial charge on any atom is 0.243 e. The summed E-state index contributed by atoms with van der Waals surface area (Å²) in [6, 6.07) is 17.4. The molecule has 170 valence electrons. The maximum absolute atomic E-state index is 13.2. The van der Waals surface area contributed by atoms with Gasteiger partial charge in [0, 0.05) is 49.2 Å². The molecule has 0 spiro atoms. The Morgan fingerprint density at radius 2 is 1.81 bits per heavy atom. The zero-order valence-electron chi connectivity index (χ0n) is 18.7. The molecule has 1 atom stereocenters. The second kappa shape index (κ2) is 9.46. The average molecular weight is 454 g/mol. The quantitative estimate of drug-likeness (QED) is 0.588. The van der Waals surface area contributed by atoms with E-state index in [-0.39, 0.29) is 17.7 Å². The number of hydrogen-bond acceptors (Lipinski definition) is 3. The van der Waals surface area contributed by atoms with Crippen molar-refractivity contribution in [1.29, 1.82) is 0 Å². The molecule has 0 saturated carbocycles. The van der Waals surface area contributed by atoms with E-state index in [0.717, 1.165) is 17.4 Å². The van der Waals surface area contributed by atoms with E-state index in [4.69, 9.17) is 0 Å². The van der Waals surface area contributed by atoms with Crippen LogP contribution in [0.1, 0.15) is 38.2 Å². The Balaban J connectivity index is 1.35. The maximum atomic E-state index is 13.2. The van der Waals surface area contributed by atoms with Gasteiger partial charge in [0.1, 0.15) is 0 Å². The lowest BCUT2D eigenvalue weighted by molar-refractivity contribution is -0.126. The molecular formula is C25H31N3O3S. The second-order valence-electron chi connectivity index (χ2n) is 8.56. The molecule has 2 aromatic carbocycles. The molecule has 1 saturated heterocycles. The first-order valence-corrected chi connectivity index (χ1v) is 12.8. The van der Waals surface area contributed by atoms with Crippen LogP contribution in [0.2, 0.25) is 0 Å². The van der Waals surface area contributed by atoms with Gasteiger partial charge in [-0.2, -0.15) is 4.31 Å². The van der Waals surface area contributed by atoms with Crippen molar-refractivity contribution in [1.82, 2.24) is 14.2 Å².